The summed E-state index contributed by atoms with van der Waals surface area (Å²) in [5.41, 5.74) is 0.964. The van der Waals surface area contributed by atoms with Crippen LogP contribution in [0.5, 0.6) is 0 Å². The van der Waals surface area contributed by atoms with E-state index in [1.165, 1.54) is 5.57 Å². The van der Waals surface area contributed by atoms with Crippen molar-refractivity contribution in [2.24, 2.45) is 17.3 Å². The molecule has 2 aliphatic rings. The molecule has 1 saturated carbocycles. The highest BCUT2D eigenvalue weighted by molar-refractivity contribution is 7.99. The maximum atomic E-state index is 13.0. The molecule has 0 aromatic heterocycles. The van der Waals surface area contributed by atoms with Crippen molar-refractivity contribution in [3.63, 3.8) is 0 Å². The smallest absolute Gasteiger partial charge is 0.244 e. The maximum Gasteiger partial charge on any atom is 0.244 e. The van der Waals surface area contributed by atoms with Gasteiger partial charge in [0.1, 0.15) is 6.04 Å². The van der Waals surface area contributed by atoms with Gasteiger partial charge in [0.15, 0.2) is 0 Å². The Morgan fingerprint density at radius 3 is 2.39 bits per heavy atom. The third kappa shape index (κ3) is 3.93. The van der Waals surface area contributed by atoms with Gasteiger partial charge in [-0.3, -0.25) is 9.59 Å². The second-order valence-electron chi connectivity index (χ2n) is 8.63. The topological polar surface area (TPSA) is 49.4 Å². The van der Waals surface area contributed by atoms with Crippen LogP contribution >= 0.6 is 11.8 Å². The number of allylic oxidation sites excluding steroid dienone is 2. The van der Waals surface area contributed by atoms with Crippen molar-refractivity contribution in [1.82, 2.24) is 10.2 Å². The minimum Gasteiger partial charge on any atom is -0.350 e. The summed E-state index contributed by atoms with van der Waals surface area (Å²) in [5, 5.41) is 3.01. The average Bonchev–Trinajstić information content (AvgIpc) is 2.76. The lowest BCUT2D eigenvalue weighted by Crippen LogP contribution is -2.52. The quantitative estimate of drug-likeness (QED) is 0.805. The highest BCUT2D eigenvalue weighted by Crippen LogP contribution is 2.60. The highest BCUT2D eigenvalue weighted by Gasteiger charge is 2.62. The van der Waals surface area contributed by atoms with Crippen LogP contribution in [0.2, 0.25) is 0 Å². The molecule has 0 bridgehead atoms. The number of carbonyl (C=O) groups is 2. The van der Waals surface area contributed by atoms with Gasteiger partial charge in [0.2, 0.25) is 11.8 Å². The van der Waals surface area contributed by atoms with Crippen molar-refractivity contribution in [2.75, 3.05) is 11.6 Å². The third-order valence-corrected chi connectivity index (χ3v) is 5.67. The molecule has 1 saturated heterocycles. The van der Waals surface area contributed by atoms with Gasteiger partial charge in [-0.2, -0.15) is 0 Å². The molecule has 0 aromatic rings. The zero-order valence-corrected chi connectivity index (χ0v) is 16.2. The molecule has 0 aromatic carbocycles. The lowest BCUT2D eigenvalue weighted by Gasteiger charge is -2.28. The highest BCUT2D eigenvalue weighted by atomic mass is 32.2. The normalized spacial score (nSPS) is 29.2. The van der Waals surface area contributed by atoms with Crippen LogP contribution in [0.25, 0.3) is 0 Å². The Morgan fingerprint density at radius 2 is 1.87 bits per heavy atom. The number of hydrogen-bond acceptors (Lipinski definition) is 3. The first-order valence-electron chi connectivity index (χ1n) is 8.30. The summed E-state index contributed by atoms with van der Waals surface area (Å²) in [6.45, 7) is 14.3. The molecule has 23 heavy (non-hydrogen) atoms. The number of nitrogens with zero attached hydrogens (tertiary/aromatic N) is 1. The third-order valence-electron chi connectivity index (χ3n) is 4.66. The van der Waals surface area contributed by atoms with Gasteiger partial charge >= 0.3 is 0 Å². The van der Waals surface area contributed by atoms with Gasteiger partial charge in [0.25, 0.3) is 0 Å². The second-order valence-corrected chi connectivity index (χ2v) is 9.63. The minimum atomic E-state index is -0.338. The Kier molecular flexibility index (Phi) is 4.91. The molecule has 2 rings (SSSR count). The van der Waals surface area contributed by atoms with Gasteiger partial charge in [-0.15, -0.1) is 11.8 Å². The van der Waals surface area contributed by atoms with E-state index in [0.29, 0.717) is 11.6 Å². The molecule has 2 fully saturated rings. The van der Waals surface area contributed by atoms with Crippen LogP contribution in [-0.4, -0.2) is 39.9 Å². The van der Waals surface area contributed by atoms with E-state index in [1.54, 1.807) is 16.7 Å². The molecule has 4 nitrogen and oxygen atoms in total. The summed E-state index contributed by atoms with van der Waals surface area (Å²) in [6.07, 6.45) is 2.20. The predicted octanol–water partition coefficient (Wildman–Crippen LogP) is 3.04. The lowest BCUT2D eigenvalue weighted by atomic mass is 10.1. The van der Waals surface area contributed by atoms with Gasteiger partial charge in [0.05, 0.1) is 11.8 Å². The fourth-order valence-electron chi connectivity index (χ4n) is 3.33. The van der Waals surface area contributed by atoms with E-state index < -0.39 is 0 Å². The van der Waals surface area contributed by atoms with Crippen molar-refractivity contribution in [3.05, 3.63) is 11.6 Å². The Hall–Kier alpha value is -0.970. The molecular weight excluding hydrogens is 308 g/mol. The Labute approximate surface area is 144 Å². The molecule has 0 unspecified atom stereocenters. The van der Waals surface area contributed by atoms with Crippen molar-refractivity contribution in [3.8, 4) is 0 Å². The van der Waals surface area contributed by atoms with E-state index in [0.717, 1.165) is 0 Å². The molecule has 0 radical (unpaired) electrons. The van der Waals surface area contributed by atoms with Crippen LogP contribution in [0.3, 0.4) is 0 Å². The Morgan fingerprint density at radius 1 is 1.26 bits per heavy atom. The van der Waals surface area contributed by atoms with Crippen LogP contribution in [-0.2, 0) is 9.59 Å². The van der Waals surface area contributed by atoms with E-state index >= 15 is 0 Å². The summed E-state index contributed by atoms with van der Waals surface area (Å²) in [7, 11) is 0. The van der Waals surface area contributed by atoms with E-state index in [1.807, 2.05) is 20.8 Å². The fraction of sp³-hybridized carbons (Fsp3) is 0.778. The zero-order valence-electron chi connectivity index (χ0n) is 15.4. The number of thioether (sulfide) groups is 1. The van der Waals surface area contributed by atoms with Gasteiger partial charge in [-0.05, 0) is 46.0 Å². The predicted molar refractivity (Wildman–Crippen MR) is 96.0 cm³/mol. The molecule has 3 atom stereocenters. The van der Waals surface area contributed by atoms with Crippen molar-refractivity contribution >= 4 is 23.6 Å². The number of hydrogen-bond donors (Lipinski definition) is 1. The summed E-state index contributed by atoms with van der Waals surface area (Å²) < 4.78 is 0. The second kappa shape index (κ2) is 6.15. The van der Waals surface area contributed by atoms with E-state index in [4.69, 9.17) is 0 Å². The van der Waals surface area contributed by atoms with Crippen LogP contribution in [0.1, 0.15) is 48.5 Å². The molecule has 130 valence electrons. The van der Waals surface area contributed by atoms with Crippen molar-refractivity contribution in [2.45, 2.75) is 60.0 Å². The standard InChI is InChI=1S/C18H30N2O2S/c1-11(2)8-12-14(18(12,6)7)16(22)20-10-23-9-13(20)15(21)19-17(3,4)5/h8,12-14H,9-10H2,1-7H3,(H,19,21)/t12-,13+,14+/m1/s1. The average molecular weight is 339 g/mol. The summed E-state index contributed by atoms with van der Waals surface area (Å²) in [5.74, 6) is 1.70. The molecule has 1 N–H and O–H groups in total. The van der Waals surface area contributed by atoms with Gasteiger partial charge in [-0.25, -0.2) is 0 Å². The van der Waals surface area contributed by atoms with Gasteiger partial charge in [-0.1, -0.05) is 25.5 Å². The zero-order chi connectivity index (χ0) is 17.6. The summed E-state index contributed by atoms with van der Waals surface area (Å²) in [4.78, 5) is 27.3. The van der Waals surface area contributed by atoms with E-state index in [2.05, 4.69) is 39.1 Å². The van der Waals surface area contributed by atoms with Crippen molar-refractivity contribution < 1.29 is 9.59 Å². The monoisotopic (exact) mass is 338 g/mol. The first-order chi connectivity index (χ1) is 10.4. The molecule has 5 heteroatoms. The van der Waals surface area contributed by atoms with Gasteiger partial charge in [0, 0.05) is 11.3 Å². The first kappa shape index (κ1) is 18.4. The maximum absolute atomic E-state index is 13.0. The number of rotatable bonds is 3. The Balaban J connectivity index is 2.10. The fourth-order valence-corrected chi connectivity index (χ4v) is 4.49. The molecular formula is C18H30N2O2S. The number of amides is 2. The minimum absolute atomic E-state index is 0.000960. The van der Waals surface area contributed by atoms with Crippen LogP contribution in [0.4, 0.5) is 0 Å². The molecule has 1 aliphatic carbocycles. The van der Waals surface area contributed by atoms with E-state index in [9.17, 15) is 9.59 Å². The first-order valence-corrected chi connectivity index (χ1v) is 9.46. The summed E-state index contributed by atoms with van der Waals surface area (Å²) >= 11 is 1.66. The number of nitrogens with one attached hydrogen (secondary N) is 1. The lowest BCUT2D eigenvalue weighted by molar-refractivity contribution is -0.140. The summed E-state index contributed by atoms with van der Waals surface area (Å²) in [6, 6.07) is -0.338. The molecule has 1 aliphatic heterocycles. The molecule has 0 spiro atoms. The van der Waals surface area contributed by atoms with Crippen LogP contribution < -0.4 is 5.32 Å². The van der Waals surface area contributed by atoms with Crippen LogP contribution in [0, 0.1) is 17.3 Å². The Bertz CT molecular complexity index is 530. The largest absolute Gasteiger partial charge is 0.350 e. The van der Waals surface area contributed by atoms with E-state index in [-0.39, 0.29) is 40.6 Å². The molecule has 2 amide bonds. The number of carbonyl (C=O) groups excluding carboxylic acids is 2. The van der Waals surface area contributed by atoms with Crippen molar-refractivity contribution in [1.29, 1.82) is 0 Å². The van der Waals surface area contributed by atoms with Gasteiger partial charge < -0.3 is 10.2 Å². The van der Waals surface area contributed by atoms with Crippen LogP contribution in [0.15, 0.2) is 11.6 Å². The molecule has 1 heterocycles. The SMILES string of the molecule is CC(C)=C[C@@H]1[C@@H](C(=O)N2CSC[C@H]2C(=O)NC(C)(C)C)C1(C)C.